The summed E-state index contributed by atoms with van der Waals surface area (Å²) in [6.07, 6.45) is 4.64. The summed E-state index contributed by atoms with van der Waals surface area (Å²) in [6, 6.07) is 9.56. The van der Waals surface area contributed by atoms with Crippen molar-refractivity contribution in [3.8, 4) is 17.1 Å². The van der Waals surface area contributed by atoms with Gasteiger partial charge in [0.25, 0.3) is 0 Å². The van der Waals surface area contributed by atoms with Crippen LogP contribution in [0.3, 0.4) is 0 Å². The van der Waals surface area contributed by atoms with Gasteiger partial charge < -0.3 is 23.9 Å². The highest BCUT2D eigenvalue weighted by Crippen LogP contribution is 2.30. The molecule has 0 bridgehead atoms. The average Bonchev–Trinajstić information content (AvgIpc) is 3.50. The van der Waals surface area contributed by atoms with Crippen LogP contribution >= 0.6 is 0 Å². The number of aryl methyl sites for hydroxylation is 1. The van der Waals surface area contributed by atoms with Gasteiger partial charge in [0.1, 0.15) is 11.5 Å². The SMILES string of the molecule is COc1ccc(-c2noc(CN3CCN(C(=O)NC4CCCc5occc54)CC3)n2)cc1. The summed E-state index contributed by atoms with van der Waals surface area (Å²) >= 11 is 0. The topological polar surface area (TPSA) is 96.9 Å². The molecule has 2 aromatic heterocycles. The number of carbonyl (C=O) groups is 1. The van der Waals surface area contributed by atoms with Crippen LogP contribution in [0.15, 0.2) is 45.5 Å². The highest BCUT2D eigenvalue weighted by atomic mass is 16.5. The molecule has 1 unspecified atom stereocenters. The number of aromatic nitrogens is 2. The van der Waals surface area contributed by atoms with E-state index in [9.17, 15) is 4.79 Å². The predicted octanol–water partition coefficient (Wildman–Crippen LogP) is 3.24. The Morgan fingerprint density at radius 1 is 1.19 bits per heavy atom. The summed E-state index contributed by atoms with van der Waals surface area (Å²) in [6.45, 7) is 3.41. The van der Waals surface area contributed by atoms with Gasteiger partial charge in [0, 0.05) is 43.7 Å². The molecule has 168 valence electrons. The minimum absolute atomic E-state index is 0.0108. The van der Waals surface area contributed by atoms with E-state index in [1.54, 1.807) is 13.4 Å². The number of nitrogens with zero attached hydrogens (tertiary/aromatic N) is 4. The van der Waals surface area contributed by atoms with Crippen LogP contribution in [0.5, 0.6) is 5.75 Å². The van der Waals surface area contributed by atoms with Crippen molar-refractivity contribution < 1.29 is 18.5 Å². The molecule has 2 aliphatic rings. The number of benzene rings is 1. The third-order valence-electron chi connectivity index (χ3n) is 6.18. The number of urea groups is 1. The smallest absolute Gasteiger partial charge is 0.317 e. The number of carbonyl (C=O) groups excluding carboxylic acids is 1. The zero-order valence-corrected chi connectivity index (χ0v) is 18.1. The molecule has 3 heterocycles. The molecule has 0 saturated carbocycles. The lowest BCUT2D eigenvalue weighted by Crippen LogP contribution is -2.52. The van der Waals surface area contributed by atoms with Gasteiger partial charge in [-0.05, 0) is 43.2 Å². The van der Waals surface area contributed by atoms with Gasteiger partial charge in [0.2, 0.25) is 11.7 Å². The molecule has 1 saturated heterocycles. The van der Waals surface area contributed by atoms with Gasteiger partial charge in [0.15, 0.2) is 0 Å². The predicted molar refractivity (Wildman–Crippen MR) is 116 cm³/mol. The van der Waals surface area contributed by atoms with Crippen LogP contribution in [0.4, 0.5) is 4.79 Å². The zero-order valence-electron chi connectivity index (χ0n) is 18.1. The maximum Gasteiger partial charge on any atom is 0.317 e. The van der Waals surface area contributed by atoms with Crippen LogP contribution in [0.25, 0.3) is 11.4 Å². The number of rotatable bonds is 5. The Kier molecular flexibility index (Phi) is 5.81. The largest absolute Gasteiger partial charge is 0.497 e. The van der Waals surface area contributed by atoms with E-state index in [0.717, 1.165) is 55.0 Å². The minimum Gasteiger partial charge on any atom is -0.497 e. The zero-order chi connectivity index (χ0) is 21.9. The second kappa shape index (κ2) is 9.04. The molecule has 1 aliphatic carbocycles. The van der Waals surface area contributed by atoms with Crippen molar-refractivity contribution in [1.29, 1.82) is 0 Å². The monoisotopic (exact) mass is 437 g/mol. The second-order valence-corrected chi connectivity index (χ2v) is 8.20. The van der Waals surface area contributed by atoms with Crippen molar-refractivity contribution in [1.82, 2.24) is 25.3 Å². The normalized spacial score (nSPS) is 18.9. The quantitative estimate of drug-likeness (QED) is 0.654. The molecule has 1 N–H and O–H groups in total. The van der Waals surface area contributed by atoms with Crippen LogP contribution in [0.1, 0.15) is 36.1 Å². The van der Waals surface area contributed by atoms with E-state index in [4.69, 9.17) is 13.7 Å². The summed E-state index contributed by atoms with van der Waals surface area (Å²) in [7, 11) is 1.63. The van der Waals surface area contributed by atoms with Crippen molar-refractivity contribution in [2.45, 2.75) is 31.8 Å². The van der Waals surface area contributed by atoms with Crippen molar-refractivity contribution in [3.63, 3.8) is 0 Å². The summed E-state index contributed by atoms with van der Waals surface area (Å²) in [5, 5.41) is 7.28. The van der Waals surface area contributed by atoms with Crippen molar-refractivity contribution in [2.75, 3.05) is 33.3 Å². The Morgan fingerprint density at radius 2 is 2.00 bits per heavy atom. The Labute approximate surface area is 186 Å². The van der Waals surface area contributed by atoms with E-state index in [2.05, 4.69) is 20.4 Å². The van der Waals surface area contributed by atoms with E-state index < -0.39 is 0 Å². The summed E-state index contributed by atoms with van der Waals surface area (Å²) in [4.78, 5) is 21.4. The van der Waals surface area contributed by atoms with Gasteiger partial charge in [-0.3, -0.25) is 4.90 Å². The molecule has 1 fully saturated rings. The van der Waals surface area contributed by atoms with Crippen LogP contribution in [0, 0.1) is 0 Å². The first-order valence-corrected chi connectivity index (χ1v) is 11.0. The first-order valence-electron chi connectivity index (χ1n) is 11.0. The van der Waals surface area contributed by atoms with E-state index in [1.165, 1.54) is 0 Å². The fraction of sp³-hybridized carbons (Fsp3) is 0.435. The standard InChI is InChI=1S/C23H27N5O4/c1-30-17-7-5-16(6-8-17)22-25-21(32-26-22)15-27-10-12-28(13-11-27)23(29)24-19-3-2-4-20-18(19)9-14-31-20/h5-9,14,19H,2-4,10-13,15H2,1H3,(H,24,29). The number of piperazine rings is 1. The van der Waals surface area contributed by atoms with Crippen LogP contribution in [-0.2, 0) is 13.0 Å². The van der Waals surface area contributed by atoms with E-state index in [0.29, 0.717) is 31.3 Å². The van der Waals surface area contributed by atoms with Crippen LogP contribution in [-0.4, -0.2) is 59.3 Å². The van der Waals surface area contributed by atoms with Gasteiger partial charge in [-0.15, -0.1) is 0 Å². The van der Waals surface area contributed by atoms with E-state index in [1.807, 2.05) is 35.2 Å². The average molecular weight is 438 g/mol. The number of amides is 2. The summed E-state index contributed by atoms with van der Waals surface area (Å²) in [5.41, 5.74) is 2.00. The fourth-order valence-corrected chi connectivity index (χ4v) is 4.35. The van der Waals surface area contributed by atoms with Crippen molar-refractivity contribution in [3.05, 3.63) is 53.8 Å². The molecule has 9 heteroatoms. The first-order chi connectivity index (χ1) is 15.7. The third-order valence-corrected chi connectivity index (χ3v) is 6.18. The van der Waals surface area contributed by atoms with Crippen LogP contribution < -0.4 is 10.1 Å². The number of methoxy groups -OCH3 is 1. The lowest BCUT2D eigenvalue weighted by molar-refractivity contribution is 0.124. The highest BCUT2D eigenvalue weighted by molar-refractivity contribution is 5.75. The summed E-state index contributed by atoms with van der Waals surface area (Å²) in [5.74, 6) is 2.92. The van der Waals surface area contributed by atoms with Gasteiger partial charge >= 0.3 is 6.03 Å². The molecule has 9 nitrogen and oxygen atoms in total. The number of fused-ring (bicyclic) bond motifs is 1. The van der Waals surface area contributed by atoms with Crippen LogP contribution in [0.2, 0.25) is 0 Å². The number of hydrogen-bond donors (Lipinski definition) is 1. The highest BCUT2D eigenvalue weighted by Gasteiger charge is 2.28. The molecular weight excluding hydrogens is 410 g/mol. The van der Waals surface area contributed by atoms with Gasteiger partial charge in [-0.2, -0.15) is 4.98 Å². The van der Waals surface area contributed by atoms with Gasteiger partial charge in [-0.1, -0.05) is 5.16 Å². The molecule has 1 aliphatic heterocycles. The number of ether oxygens (including phenoxy) is 1. The fourth-order valence-electron chi connectivity index (χ4n) is 4.35. The summed E-state index contributed by atoms with van der Waals surface area (Å²) < 4.78 is 16.2. The Bertz CT molecular complexity index is 1050. The maximum atomic E-state index is 12.8. The molecule has 1 aromatic carbocycles. The molecule has 3 aromatic rings. The van der Waals surface area contributed by atoms with Crippen molar-refractivity contribution in [2.24, 2.45) is 0 Å². The molecule has 5 rings (SSSR count). The maximum absolute atomic E-state index is 12.8. The molecule has 0 spiro atoms. The second-order valence-electron chi connectivity index (χ2n) is 8.20. The van der Waals surface area contributed by atoms with E-state index in [-0.39, 0.29) is 12.1 Å². The molecule has 0 radical (unpaired) electrons. The lowest BCUT2D eigenvalue weighted by atomic mass is 9.93. The Hall–Kier alpha value is -3.33. The number of hydrogen-bond acceptors (Lipinski definition) is 7. The Morgan fingerprint density at radius 3 is 2.78 bits per heavy atom. The molecule has 1 atom stereocenters. The minimum atomic E-state index is -0.0108. The van der Waals surface area contributed by atoms with E-state index >= 15 is 0 Å². The Balaban J connectivity index is 1.12. The lowest BCUT2D eigenvalue weighted by Gasteiger charge is -2.35. The molecule has 32 heavy (non-hydrogen) atoms. The number of nitrogens with one attached hydrogen (secondary N) is 1. The van der Waals surface area contributed by atoms with Gasteiger partial charge in [-0.25, -0.2) is 4.79 Å². The van der Waals surface area contributed by atoms with Crippen molar-refractivity contribution >= 4 is 6.03 Å². The van der Waals surface area contributed by atoms with Gasteiger partial charge in [0.05, 0.1) is 26.0 Å². The molecule has 2 amide bonds. The molecular formula is C23H27N5O4. The first kappa shape index (κ1) is 20.6. The number of furan rings is 1. The third kappa shape index (κ3) is 4.34.